The summed E-state index contributed by atoms with van der Waals surface area (Å²) >= 11 is 0. The standard InChI is InChI=1S/C20H27N3O2.HI/c1-21-20(22-12-7-13-24-2)23-15-17-8-6-9-18(14-17)16-25-19-10-4-3-5-11-19;/h3-6,8-11,14H,7,12-13,15-16H2,1-2H3,(H2,21,22,23);1H. The Morgan fingerprint density at radius 2 is 1.77 bits per heavy atom. The number of hydrogen-bond acceptors (Lipinski definition) is 3. The van der Waals surface area contributed by atoms with Gasteiger partial charge in [0.1, 0.15) is 12.4 Å². The number of para-hydroxylation sites is 1. The van der Waals surface area contributed by atoms with E-state index in [9.17, 15) is 0 Å². The van der Waals surface area contributed by atoms with Gasteiger partial charge in [-0.05, 0) is 29.7 Å². The molecule has 0 spiro atoms. The molecule has 0 saturated carbocycles. The second-order valence-corrected chi connectivity index (χ2v) is 5.62. The quantitative estimate of drug-likeness (QED) is 0.255. The minimum absolute atomic E-state index is 0. The van der Waals surface area contributed by atoms with Gasteiger partial charge in [-0.2, -0.15) is 0 Å². The van der Waals surface area contributed by atoms with E-state index in [1.165, 1.54) is 5.56 Å². The molecule has 0 aliphatic heterocycles. The number of nitrogens with one attached hydrogen (secondary N) is 2. The fourth-order valence-corrected chi connectivity index (χ4v) is 2.34. The summed E-state index contributed by atoms with van der Waals surface area (Å²) in [6, 6.07) is 18.2. The average Bonchev–Trinajstić information content (AvgIpc) is 2.67. The lowest BCUT2D eigenvalue weighted by Gasteiger charge is -2.12. The van der Waals surface area contributed by atoms with Gasteiger partial charge < -0.3 is 20.1 Å². The Labute approximate surface area is 173 Å². The first kappa shape index (κ1) is 22.2. The molecule has 2 aromatic carbocycles. The van der Waals surface area contributed by atoms with Crippen LogP contribution in [-0.2, 0) is 17.9 Å². The number of nitrogens with zero attached hydrogens (tertiary/aromatic N) is 1. The Hall–Kier alpha value is -1.80. The van der Waals surface area contributed by atoms with Crippen molar-refractivity contribution in [2.45, 2.75) is 19.6 Å². The Bertz CT molecular complexity index is 651. The summed E-state index contributed by atoms with van der Waals surface area (Å²) < 4.78 is 10.8. The topological polar surface area (TPSA) is 54.9 Å². The highest BCUT2D eigenvalue weighted by Crippen LogP contribution is 2.12. The highest BCUT2D eigenvalue weighted by atomic mass is 127. The molecule has 2 N–H and O–H groups in total. The van der Waals surface area contributed by atoms with Crippen molar-refractivity contribution in [3.05, 3.63) is 65.7 Å². The predicted octanol–water partition coefficient (Wildman–Crippen LogP) is 3.59. The van der Waals surface area contributed by atoms with E-state index in [0.29, 0.717) is 13.2 Å². The molecule has 0 heterocycles. The van der Waals surface area contributed by atoms with Crippen LogP contribution in [0.2, 0.25) is 0 Å². The van der Waals surface area contributed by atoms with E-state index in [0.717, 1.165) is 36.8 Å². The first-order valence-corrected chi connectivity index (χ1v) is 8.51. The van der Waals surface area contributed by atoms with Crippen LogP contribution < -0.4 is 15.4 Å². The SMILES string of the molecule is CN=C(NCCCOC)NCc1cccc(COc2ccccc2)c1.I. The second kappa shape index (κ2) is 13.4. The van der Waals surface area contributed by atoms with Gasteiger partial charge in [-0.15, -0.1) is 24.0 Å². The third kappa shape index (κ3) is 8.53. The monoisotopic (exact) mass is 469 g/mol. The molecule has 2 rings (SSSR count). The van der Waals surface area contributed by atoms with Crippen molar-refractivity contribution in [2.75, 3.05) is 27.3 Å². The van der Waals surface area contributed by atoms with Crippen molar-refractivity contribution in [3.8, 4) is 5.75 Å². The third-order valence-corrected chi connectivity index (χ3v) is 3.64. The van der Waals surface area contributed by atoms with Gasteiger partial charge in [0.15, 0.2) is 5.96 Å². The molecule has 142 valence electrons. The van der Waals surface area contributed by atoms with Gasteiger partial charge in [0, 0.05) is 33.9 Å². The zero-order valence-corrected chi connectivity index (χ0v) is 17.7. The number of aliphatic imine (C=N–C) groups is 1. The Kier molecular flexibility index (Phi) is 11.5. The van der Waals surface area contributed by atoms with Crippen LogP contribution in [0.5, 0.6) is 5.75 Å². The number of guanidine groups is 1. The summed E-state index contributed by atoms with van der Waals surface area (Å²) in [5, 5.41) is 6.59. The van der Waals surface area contributed by atoms with Gasteiger partial charge in [-0.25, -0.2) is 0 Å². The van der Waals surface area contributed by atoms with Crippen LogP contribution in [-0.4, -0.2) is 33.3 Å². The summed E-state index contributed by atoms with van der Waals surface area (Å²) in [5.74, 6) is 1.67. The zero-order valence-electron chi connectivity index (χ0n) is 15.4. The Morgan fingerprint density at radius 1 is 1.00 bits per heavy atom. The van der Waals surface area contributed by atoms with Crippen LogP contribution in [0.1, 0.15) is 17.5 Å². The van der Waals surface area contributed by atoms with Crippen LogP contribution in [0.15, 0.2) is 59.6 Å². The van der Waals surface area contributed by atoms with Gasteiger partial charge in [-0.1, -0.05) is 42.5 Å². The van der Waals surface area contributed by atoms with Crippen molar-refractivity contribution < 1.29 is 9.47 Å². The molecule has 26 heavy (non-hydrogen) atoms. The van der Waals surface area contributed by atoms with Gasteiger partial charge >= 0.3 is 0 Å². The summed E-state index contributed by atoms with van der Waals surface area (Å²) in [7, 11) is 3.48. The lowest BCUT2D eigenvalue weighted by atomic mass is 10.1. The largest absolute Gasteiger partial charge is 0.489 e. The second-order valence-electron chi connectivity index (χ2n) is 5.62. The molecular weight excluding hydrogens is 441 g/mol. The molecule has 0 aliphatic carbocycles. The third-order valence-electron chi connectivity index (χ3n) is 3.64. The van der Waals surface area contributed by atoms with Crippen molar-refractivity contribution in [3.63, 3.8) is 0 Å². The fraction of sp³-hybridized carbons (Fsp3) is 0.350. The van der Waals surface area contributed by atoms with E-state index in [1.54, 1.807) is 14.2 Å². The van der Waals surface area contributed by atoms with Crippen molar-refractivity contribution >= 4 is 29.9 Å². The maximum atomic E-state index is 5.80. The lowest BCUT2D eigenvalue weighted by molar-refractivity contribution is 0.195. The predicted molar refractivity (Wildman–Crippen MR) is 117 cm³/mol. The molecule has 0 amide bonds. The van der Waals surface area contributed by atoms with E-state index < -0.39 is 0 Å². The van der Waals surface area contributed by atoms with E-state index in [1.807, 2.05) is 30.3 Å². The highest BCUT2D eigenvalue weighted by Gasteiger charge is 2.01. The average molecular weight is 469 g/mol. The van der Waals surface area contributed by atoms with Crippen LogP contribution in [0.3, 0.4) is 0 Å². The fourth-order valence-electron chi connectivity index (χ4n) is 2.34. The minimum Gasteiger partial charge on any atom is -0.489 e. The Morgan fingerprint density at radius 3 is 2.50 bits per heavy atom. The molecule has 2 aromatic rings. The summed E-state index contributed by atoms with van der Waals surface area (Å²) in [6.07, 6.45) is 0.948. The summed E-state index contributed by atoms with van der Waals surface area (Å²) in [4.78, 5) is 4.23. The normalized spacial score (nSPS) is 10.8. The van der Waals surface area contributed by atoms with Gasteiger partial charge in [0.2, 0.25) is 0 Å². The van der Waals surface area contributed by atoms with Gasteiger partial charge in [0.05, 0.1) is 0 Å². The van der Waals surface area contributed by atoms with E-state index in [-0.39, 0.29) is 24.0 Å². The van der Waals surface area contributed by atoms with Crippen LogP contribution >= 0.6 is 24.0 Å². The molecule has 0 aliphatic rings. The van der Waals surface area contributed by atoms with Crippen molar-refractivity contribution in [2.24, 2.45) is 4.99 Å². The van der Waals surface area contributed by atoms with Gasteiger partial charge in [-0.3, -0.25) is 4.99 Å². The molecule has 6 heteroatoms. The van der Waals surface area contributed by atoms with Crippen molar-refractivity contribution in [1.82, 2.24) is 10.6 Å². The number of methoxy groups -OCH3 is 1. The minimum atomic E-state index is 0. The number of halogens is 1. The number of benzene rings is 2. The zero-order chi connectivity index (χ0) is 17.7. The summed E-state index contributed by atoms with van der Waals surface area (Å²) in [5.41, 5.74) is 2.33. The molecule has 5 nitrogen and oxygen atoms in total. The van der Waals surface area contributed by atoms with E-state index in [2.05, 4.69) is 39.9 Å². The molecular formula is C20H28IN3O2. The van der Waals surface area contributed by atoms with Crippen LogP contribution in [0, 0.1) is 0 Å². The van der Waals surface area contributed by atoms with E-state index >= 15 is 0 Å². The maximum absolute atomic E-state index is 5.80. The highest BCUT2D eigenvalue weighted by molar-refractivity contribution is 14.0. The smallest absolute Gasteiger partial charge is 0.191 e. The number of rotatable bonds is 9. The first-order chi connectivity index (χ1) is 12.3. The maximum Gasteiger partial charge on any atom is 0.191 e. The van der Waals surface area contributed by atoms with Crippen LogP contribution in [0.25, 0.3) is 0 Å². The molecule has 0 saturated heterocycles. The first-order valence-electron chi connectivity index (χ1n) is 8.51. The summed E-state index contributed by atoms with van der Waals surface area (Å²) in [6.45, 7) is 2.84. The number of ether oxygens (including phenoxy) is 2. The van der Waals surface area contributed by atoms with Crippen molar-refractivity contribution in [1.29, 1.82) is 0 Å². The van der Waals surface area contributed by atoms with Crippen LogP contribution in [0.4, 0.5) is 0 Å². The molecule has 0 aromatic heterocycles. The molecule has 0 bridgehead atoms. The Balaban J connectivity index is 0.00000338. The molecule has 0 atom stereocenters. The number of hydrogen-bond donors (Lipinski definition) is 2. The van der Waals surface area contributed by atoms with Gasteiger partial charge in [0.25, 0.3) is 0 Å². The van der Waals surface area contributed by atoms with E-state index in [4.69, 9.17) is 9.47 Å². The molecule has 0 radical (unpaired) electrons. The molecule has 0 unspecified atom stereocenters. The lowest BCUT2D eigenvalue weighted by Crippen LogP contribution is -2.37. The molecule has 0 fully saturated rings.